The number of carbonyl (C=O) groups is 1. The maximum Gasteiger partial charge on any atom is 0.238 e. The highest BCUT2D eigenvalue weighted by molar-refractivity contribution is 7.18. The molecule has 26 heavy (non-hydrogen) atoms. The Labute approximate surface area is 155 Å². The van der Waals surface area contributed by atoms with E-state index in [1.807, 2.05) is 18.2 Å². The summed E-state index contributed by atoms with van der Waals surface area (Å²) in [4.78, 5) is 19.3. The normalized spacial score (nSPS) is 17.7. The number of thiazole rings is 1. The highest BCUT2D eigenvalue weighted by atomic mass is 32.1. The summed E-state index contributed by atoms with van der Waals surface area (Å²) < 4.78 is 14.8. The second-order valence-corrected chi connectivity index (χ2v) is 7.72. The SMILES string of the molecule is Cc1ccc(NC(=O)CN2CCC[C@H]2c2nc3ccccc3s2)cc1F. The second-order valence-electron chi connectivity index (χ2n) is 6.66. The lowest BCUT2D eigenvalue weighted by atomic mass is 10.2. The molecule has 2 aromatic carbocycles. The number of benzene rings is 2. The number of anilines is 1. The number of aryl methyl sites for hydroxylation is 1. The minimum absolute atomic E-state index is 0.124. The molecule has 0 aliphatic carbocycles. The van der Waals surface area contributed by atoms with Gasteiger partial charge in [0.05, 0.1) is 22.8 Å². The Hall–Kier alpha value is -2.31. The van der Waals surface area contributed by atoms with E-state index in [0.29, 0.717) is 11.3 Å². The van der Waals surface area contributed by atoms with E-state index in [9.17, 15) is 9.18 Å². The Morgan fingerprint density at radius 3 is 3.00 bits per heavy atom. The molecule has 6 heteroatoms. The van der Waals surface area contributed by atoms with Crippen molar-refractivity contribution in [1.82, 2.24) is 9.88 Å². The number of halogens is 1. The predicted octanol–water partition coefficient (Wildman–Crippen LogP) is 4.52. The zero-order valence-corrected chi connectivity index (χ0v) is 15.4. The van der Waals surface area contributed by atoms with Crippen LogP contribution in [-0.2, 0) is 4.79 Å². The lowest BCUT2D eigenvalue weighted by Gasteiger charge is -2.22. The molecule has 1 aliphatic heterocycles. The molecule has 1 amide bonds. The van der Waals surface area contributed by atoms with Crippen molar-refractivity contribution in [2.45, 2.75) is 25.8 Å². The van der Waals surface area contributed by atoms with Gasteiger partial charge in [-0.25, -0.2) is 9.37 Å². The summed E-state index contributed by atoms with van der Waals surface area (Å²) in [5, 5.41) is 3.87. The van der Waals surface area contributed by atoms with E-state index in [2.05, 4.69) is 16.3 Å². The van der Waals surface area contributed by atoms with Crippen molar-refractivity contribution >= 4 is 33.1 Å². The van der Waals surface area contributed by atoms with Gasteiger partial charge in [0, 0.05) is 5.69 Å². The number of para-hydroxylation sites is 1. The molecule has 1 atom stereocenters. The van der Waals surface area contributed by atoms with Gasteiger partial charge in [0.2, 0.25) is 5.91 Å². The van der Waals surface area contributed by atoms with Gasteiger partial charge in [-0.3, -0.25) is 9.69 Å². The highest BCUT2D eigenvalue weighted by Gasteiger charge is 2.30. The molecular weight excluding hydrogens is 349 g/mol. The number of fused-ring (bicyclic) bond motifs is 1. The van der Waals surface area contributed by atoms with Crippen molar-refractivity contribution in [3.8, 4) is 0 Å². The Balaban J connectivity index is 1.46. The largest absolute Gasteiger partial charge is 0.325 e. The molecule has 4 nitrogen and oxygen atoms in total. The monoisotopic (exact) mass is 369 g/mol. The number of hydrogen-bond donors (Lipinski definition) is 1. The minimum atomic E-state index is -0.309. The molecular formula is C20H20FN3OS. The average molecular weight is 369 g/mol. The van der Waals surface area contributed by atoms with E-state index in [4.69, 9.17) is 4.98 Å². The van der Waals surface area contributed by atoms with Crippen molar-refractivity contribution in [2.75, 3.05) is 18.4 Å². The van der Waals surface area contributed by atoms with Gasteiger partial charge in [0.25, 0.3) is 0 Å². The molecule has 1 N–H and O–H groups in total. The van der Waals surface area contributed by atoms with E-state index in [-0.39, 0.29) is 24.3 Å². The number of rotatable bonds is 4. The first-order valence-electron chi connectivity index (χ1n) is 8.76. The third-order valence-electron chi connectivity index (χ3n) is 4.76. The van der Waals surface area contributed by atoms with Gasteiger partial charge in [0.1, 0.15) is 10.8 Å². The van der Waals surface area contributed by atoms with Gasteiger partial charge >= 0.3 is 0 Å². The van der Waals surface area contributed by atoms with E-state index in [0.717, 1.165) is 29.9 Å². The maximum atomic E-state index is 13.7. The second kappa shape index (κ2) is 7.13. The molecule has 0 bridgehead atoms. The zero-order chi connectivity index (χ0) is 18.1. The van der Waals surface area contributed by atoms with Crippen LogP contribution in [-0.4, -0.2) is 28.9 Å². The van der Waals surface area contributed by atoms with Crippen LogP contribution in [0.25, 0.3) is 10.2 Å². The van der Waals surface area contributed by atoms with Crippen molar-refractivity contribution in [3.63, 3.8) is 0 Å². The summed E-state index contributed by atoms with van der Waals surface area (Å²) in [5.41, 5.74) is 2.08. The van der Waals surface area contributed by atoms with Crippen LogP contribution in [0.2, 0.25) is 0 Å². The first-order valence-corrected chi connectivity index (χ1v) is 9.57. The molecule has 1 aromatic heterocycles. The van der Waals surface area contributed by atoms with Crippen molar-refractivity contribution < 1.29 is 9.18 Å². The fraction of sp³-hybridized carbons (Fsp3) is 0.300. The molecule has 0 radical (unpaired) electrons. The first kappa shape index (κ1) is 17.1. The van der Waals surface area contributed by atoms with Crippen LogP contribution >= 0.6 is 11.3 Å². The van der Waals surface area contributed by atoms with Crippen LogP contribution < -0.4 is 5.32 Å². The van der Waals surface area contributed by atoms with Gasteiger partial charge in [-0.05, 0) is 56.1 Å². The Bertz CT molecular complexity index is 922. The molecule has 0 unspecified atom stereocenters. The average Bonchev–Trinajstić information content (AvgIpc) is 3.24. The molecule has 4 rings (SSSR count). The van der Waals surface area contributed by atoms with Crippen LogP contribution in [0.3, 0.4) is 0 Å². The minimum Gasteiger partial charge on any atom is -0.325 e. The standard InChI is InChI=1S/C20H20FN3OS/c1-13-8-9-14(11-15(13)21)22-19(25)12-24-10-4-6-17(24)20-23-16-5-2-3-7-18(16)26-20/h2-3,5,7-9,11,17H,4,6,10,12H2,1H3,(H,22,25)/t17-/m0/s1. The molecule has 134 valence electrons. The summed E-state index contributed by atoms with van der Waals surface area (Å²) in [7, 11) is 0. The molecule has 3 aromatic rings. The molecule has 1 fully saturated rings. The number of amides is 1. The first-order chi connectivity index (χ1) is 12.6. The third-order valence-corrected chi connectivity index (χ3v) is 5.90. The number of hydrogen-bond acceptors (Lipinski definition) is 4. The van der Waals surface area contributed by atoms with Crippen molar-refractivity contribution in [2.24, 2.45) is 0 Å². The molecule has 2 heterocycles. The fourth-order valence-corrected chi connectivity index (χ4v) is 4.52. The van der Waals surface area contributed by atoms with Gasteiger partial charge in [0.15, 0.2) is 0 Å². The summed E-state index contributed by atoms with van der Waals surface area (Å²) in [6, 6.07) is 13.0. The van der Waals surface area contributed by atoms with Gasteiger partial charge in [-0.15, -0.1) is 11.3 Å². The van der Waals surface area contributed by atoms with Crippen LogP contribution in [0.4, 0.5) is 10.1 Å². The van der Waals surface area contributed by atoms with Crippen LogP contribution in [0, 0.1) is 12.7 Å². The molecule has 0 spiro atoms. The van der Waals surface area contributed by atoms with E-state index in [1.165, 1.54) is 10.8 Å². The topological polar surface area (TPSA) is 45.2 Å². The summed E-state index contributed by atoms with van der Waals surface area (Å²) in [6.07, 6.45) is 2.05. The fourth-order valence-electron chi connectivity index (χ4n) is 3.38. The zero-order valence-electron chi connectivity index (χ0n) is 14.5. The number of nitrogens with zero attached hydrogens (tertiary/aromatic N) is 2. The van der Waals surface area contributed by atoms with Crippen molar-refractivity contribution in [1.29, 1.82) is 0 Å². The van der Waals surface area contributed by atoms with E-state index < -0.39 is 0 Å². The smallest absolute Gasteiger partial charge is 0.238 e. The predicted molar refractivity (Wildman–Crippen MR) is 103 cm³/mol. The van der Waals surface area contributed by atoms with E-state index >= 15 is 0 Å². The van der Waals surface area contributed by atoms with Crippen LogP contribution in [0.1, 0.15) is 29.5 Å². The third kappa shape index (κ3) is 3.48. The Kier molecular flexibility index (Phi) is 4.70. The summed E-state index contributed by atoms with van der Waals surface area (Å²) in [6.45, 7) is 2.86. The number of nitrogens with one attached hydrogen (secondary N) is 1. The molecule has 1 saturated heterocycles. The Morgan fingerprint density at radius 2 is 2.19 bits per heavy atom. The maximum absolute atomic E-state index is 13.7. The number of likely N-dealkylation sites (tertiary alicyclic amines) is 1. The van der Waals surface area contributed by atoms with Crippen molar-refractivity contribution in [3.05, 3.63) is 58.9 Å². The molecule has 0 saturated carbocycles. The van der Waals surface area contributed by atoms with Crippen LogP contribution in [0.5, 0.6) is 0 Å². The molecule has 1 aliphatic rings. The quantitative estimate of drug-likeness (QED) is 0.735. The van der Waals surface area contributed by atoms with Gasteiger partial charge < -0.3 is 5.32 Å². The number of aromatic nitrogens is 1. The van der Waals surface area contributed by atoms with Gasteiger partial charge in [-0.2, -0.15) is 0 Å². The van der Waals surface area contributed by atoms with Gasteiger partial charge in [-0.1, -0.05) is 18.2 Å². The highest BCUT2D eigenvalue weighted by Crippen LogP contribution is 2.36. The summed E-state index contributed by atoms with van der Waals surface area (Å²) >= 11 is 1.70. The van der Waals surface area contributed by atoms with Crippen LogP contribution in [0.15, 0.2) is 42.5 Å². The summed E-state index contributed by atoms with van der Waals surface area (Å²) in [5.74, 6) is -0.433. The number of carbonyl (C=O) groups excluding carboxylic acids is 1. The van der Waals surface area contributed by atoms with E-state index in [1.54, 1.807) is 30.4 Å². The lowest BCUT2D eigenvalue weighted by molar-refractivity contribution is -0.117. The Morgan fingerprint density at radius 1 is 1.35 bits per heavy atom. The lowest BCUT2D eigenvalue weighted by Crippen LogP contribution is -2.32.